The minimum atomic E-state index is -0.415. The van der Waals surface area contributed by atoms with Crippen molar-refractivity contribution in [1.29, 1.82) is 0 Å². The van der Waals surface area contributed by atoms with Gasteiger partial charge in [-0.05, 0) is 17.7 Å². The van der Waals surface area contributed by atoms with Gasteiger partial charge in [0, 0.05) is 31.8 Å². The molecule has 0 radical (unpaired) electrons. The lowest BCUT2D eigenvalue weighted by Gasteiger charge is -2.18. The van der Waals surface area contributed by atoms with Gasteiger partial charge in [0.05, 0.1) is 11.9 Å². The molecule has 7 nitrogen and oxygen atoms in total. The highest BCUT2D eigenvalue weighted by atomic mass is 16.2. The Balaban J connectivity index is 1.86. The normalized spacial score (nSPS) is 10.4. The molecule has 0 saturated carbocycles. The lowest BCUT2D eigenvalue weighted by molar-refractivity contribution is 0.0785. The second kappa shape index (κ2) is 8.30. The fourth-order valence-corrected chi connectivity index (χ4v) is 2.78. The number of benzene rings is 2. The molecule has 0 aliphatic carbocycles. The number of nitrogens with one attached hydrogen (secondary N) is 1. The maximum atomic E-state index is 12.8. The summed E-state index contributed by atoms with van der Waals surface area (Å²) in [6.07, 6.45) is 1.49. The zero-order valence-electron chi connectivity index (χ0n) is 15.7. The standard InChI is InChI=1S/C21H21N5O2/c1-23-20(27)18-19(22)24-12-17(25-18)15-9-6-10-16(11-15)21(28)26(2)13-14-7-4-3-5-8-14/h3-12H,13H2,1-2H3,(H2,22,24)(H,23,27). The highest BCUT2D eigenvalue weighted by Gasteiger charge is 2.16. The predicted octanol–water partition coefficient (Wildman–Crippen LogP) is 2.36. The molecule has 0 atom stereocenters. The van der Waals surface area contributed by atoms with Crippen LogP contribution in [0, 0.1) is 0 Å². The van der Waals surface area contributed by atoms with E-state index in [1.54, 1.807) is 30.1 Å². The average molecular weight is 375 g/mol. The summed E-state index contributed by atoms with van der Waals surface area (Å²) in [5.41, 5.74) is 8.51. The van der Waals surface area contributed by atoms with Crippen molar-refractivity contribution >= 4 is 17.6 Å². The van der Waals surface area contributed by atoms with E-state index in [1.807, 2.05) is 36.4 Å². The molecular weight excluding hydrogens is 354 g/mol. The van der Waals surface area contributed by atoms with Crippen molar-refractivity contribution in [3.8, 4) is 11.3 Å². The van der Waals surface area contributed by atoms with E-state index in [1.165, 1.54) is 13.2 Å². The molecule has 0 fully saturated rings. The van der Waals surface area contributed by atoms with Crippen molar-refractivity contribution < 1.29 is 9.59 Å². The van der Waals surface area contributed by atoms with Crippen molar-refractivity contribution in [2.24, 2.45) is 0 Å². The van der Waals surface area contributed by atoms with E-state index < -0.39 is 5.91 Å². The SMILES string of the molecule is CNC(=O)c1nc(-c2cccc(C(=O)N(C)Cc3ccccc3)c2)cnc1N. The zero-order valence-corrected chi connectivity index (χ0v) is 15.7. The van der Waals surface area contributed by atoms with Crippen LogP contribution in [0.15, 0.2) is 60.8 Å². The molecule has 3 rings (SSSR count). The topological polar surface area (TPSA) is 101 Å². The number of rotatable bonds is 5. The largest absolute Gasteiger partial charge is 0.382 e. The minimum absolute atomic E-state index is 0.0536. The van der Waals surface area contributed by atoms with Crippen molar-refractivity contribution in [2.75, 3.05) is 19.8 Å². The Morgan fingerprint density at radius 1 is 1.11 bits per heavy atom. The molecule has 0 aliphatic rings. The summed E-state index contributed by atoms with van der Waals surface area (Å²) in [7, 11) is 3.26. The Morgan fingerprint density at radius 3 is 2.57 bits per heavy atom. The van der Waals surface area contributed by atoms with Gasteiger partial charge in [0.1, 0.15) is 0 Å². The van der Waals surface area contributed by atoms with Crippen LogP contribution in [0.1, 0.15) is 26.4 Å². The van der Waals surface area contributed by atoms with Crippen LogP contribution in [0.4, 0.5) is 5.82 Å². The highest BCUT2D eigenvalue weighted by molar-refractivity contribution is 5.97. The maximum absolute atomic E-state index is 12.8. The number of carbonyl (C=O) groups excluding carboxylic acids is 2. The van der Waals surface area contributed by atoms with Gasteiger partial charge in [-0.25, -0.2) is 9.97 Å². The van der Waals surface area contributed by atoms with E-state index in [9.17, 15) is 9.59 Å². The van der Waals surface area contributed by atoms with Gasteiger partial charge in [-0.15, -0.1) is 0 Å². The van der Waals surface area contributed by atoms with E-state index in [0.717, 1.165) is 5.56 Å². The molecule has 142 valence electrons. The molecule has 1 aromatic heterocycles. The second-order valence-electron chi connectivity index (χ2n) is 6.30. The first kappa shape index (κ1) is 19.0. The smallest absolute Gasteiger partial charge is 0.273 e. The summed E-state index contributed by atoms with van der Waals surface area (Å²) < 4.78 is 0. The van der Waals surface area contributed by atoms with Crippen LogP contribution in [0.5, 0.6) is 0 Å². The number of nitrogens with zero attached hydrogens (tertiary/aromatic N) is 3. The first-order valence-corrected chi connectivity index (χ1v) is 8.74. The number of hydrogen-bond donors (Lipinski definition) is 2. The number of amides is 2. The van der Waals surface area contributed by atoms with Crippen LogP contribution in [0.2, 0.25) is 0 Å². The molecule has 3 aromatic rings. The molecule has 7 heteroatoms. The Hall–Kier alpha value is -3.74. The molecule has 2 amide bonds. The first-order valence-electron chi connectivity index (χ1n) is 8.74. The Bertz CT molecular complexity index is 1000. The zero-order chi connectivity index (χ0) is 20.1. The molecule has 0 saturated heterocycles. The van der Waals surface area contributed by atoms with Gasteiger partial charge in [-0.1, -0.05) is 42.5 Å². The number of hydrogen-bond acceptors (Lipinski definition) is 5. The van der Waals surface area contributed by atoms with Crippen LogP contribution in [0.25, 0.3) is 11.3 Å². The molecule has 0 unspecified atom stereocenters. The monoisotopic (exact) mass is 375 g/mol. The maximum Gasteiger partial charge on any atom is 0.273 e. The predicted molar refractivity (Wildman–Crippen MR) is 108 cm³/mol. The summed E-state index contributed by atoms with van der Waals surface area (Å²) in [6, 6.07) is 16.8. The number of nitrogen functional groups attached to an aromatic ring is 1. The van der Waals surface area contributed by atoms with E-state index in [0.29, 0.717) is 23.4 Å². The van der Waals surface area contributed by atoms with Gasteiger partial charge in [0.15, 0.2) is 11.5 Å². The molecule has 0 aliphatic heterocycles. The van der Waals surface area contributed by atoms with Crippen LogP contribution >= 0.6 is 0 Å². The van der Waals surface area contributed by atoms with E-state index in [-0.39, 0.29) is 17.4 Å². The van der Waals surface area contributed by atoms with E-state index in [2.05, 4.69) is 15.3 Å². The first-order chi connectivity index (χ1) is 13.5. The third kappa shape index (κ3) is 4.15. The fourth-order valence-electron chi connectivity index (χ4n) is 2.78. The number of aromatic nitrogens is 2. The van der Waals surface area contributed by atoms with Crippen molar-refractivity contribution in [1.82, 2.24) is 20.2 Å². The summed E-state index contributed by atoms with van der Waals surface area (Å²) >= 11 is 0. The molecule has 0 bridgehead atoms. The van der Waals surface area contributed by atoms with Crippen LogP contribution in [0.3, 0.4) is 0 Å². The summed E-state index contributed by atoms with van der Waals surface area (Å²) in [5, 5.41) is 2.49. The van der Waals surface area contributed by atoms with Gasteiger partial charge in [-0.3, -0.25) is 9.59 Å². The van der Waals surface area contributed by atoms with Crippen molar-refractivity contribution in [2.45, 2.75) is 6.54 Å². The Labute approximate surface area is 163 Å². The number of nitrogens with two attached hydrogens (primary N) is 1. The fraction of sp³-hybridized carbons (Fsp3) is 0.143. The lowest BCUT2D eigenvalue weighted by Crippen LogP contribution is -2.26. The Morgan fingerprint density at radius 2 is 1.86 bits per heavy atom. The highest BCUT2D eigenvalue weighted by Crippen LogP contribution is 2.21. The summed E-state index contributed by atoms with van der Waals surface area (Å²) in [5.74, 6) is -0.472. The van der Waals surface area contributed by atoms with Gasteiger partial charge in [-0.2, -0.15) is 0 Å². The quantitative estimate of drug-likeness (QED) is 0.713. The van der Waals surface area contributed by atoms with E-state index >= 15 is 0 Å². The number of carbonyl (C=O) groups is 2. The van der Waals surface area contributed by atoms with Crippen LogP contribution in [-0.2, 0) is 6.54 Å². The summed E-state index contributed by atoms with van der Waals surface area (Å²) in [6.45, 7) is 0.506. The summed E-state index contributed by atoms with van der Waals surface area (Å²) in [4.78, 5) is 34.7. The van der Waals surface area contributed by atoms with Gasteiger partial charge >= 0.3 is 0 Å². The average Bonchev–Trinajstić information content (AvgIpc) is 2.73. The molecule has 1 heterocycles. The number of anilines is 1. The van der Waals surface area contributed by atoms with Crippen molar-refractivity contribution in [3.63, 3.8) is 0 Å². The van der Waals surface area contributed by atoms with Crippen molar-refractivity contribution in [3.05, 3.63) is 77.6 Å². The molecular formula is C21H21N5O2. The third-order valence-corrected chi connectivity index (χ3v) is 4.26. The van der Waals surface area contributed by atoms with E-state index in [4.69, 9.17) is 5.73 Å². The van der Waals surface area contributed by atoms with Crippen LogP contribution in [-0.4, -0.2) is 40.8 Å². The molecule has 28 heavy (non-hydrogen) atoms. The van der Waals surface area contributed by atoms with Gasteiger partial charge < -0.3 is 16.0 Å². The van der Waals surface area contributed by atoms with Gasteiger partial charge in [0.2, 0.25) is 0 Å². The minimum Gasteiger partial charge on any atom is -0.382 e. The lowest BCUT2D eigenvalue weighted by atomic mass is 10.1. The molecule has 0 spiro atoms. The second-order valence-corrected chi connectivity index (χ2v) is 6.30. The molecule has 3 N–H and O–H groups in total. The van der Waals surface area contributed by atoms with Crippen LogP contribution < -0.4 is 11.1 Å². The third-order valence-electron chi connectivity index (χ3n) is 4.26. The Kier molecular flexibility index (Phi) is 5.64. The molecule has 2 aromatic carbocycles. The van der Waals surface area contributed by atoms with Gasteiger partial charge in [0.25, 0.3) is 11.8 Å².